The number of hydrogen-bond acceptors (Lipinski definition) is 3. The van der Waals surface area contributed by atoms with Gasteiger partial charge in [-0.05, 0) is 26.2 Å². The molecule has 0 bridgehead atoms. The first-order valence-corrected chi connectivity index (χ1v) is 5.30. The number of carbonyl (C=O) groups excluding carboxylic acids is 1. The minimum Gasteiger partial charge on any atom is -0.481 e. The molecule has 2 unspecified atom stereocenters. The summed E-state index contributed by atoms with van der Waals surface area (Å²) < 4.78 is 0. The van der Waals surface area contributed by atoms with Crippen LogP contribution in [0.1, 0.15) is 32.6 Å². The molecule has 1 aliphatic rings. The molecule has 1 saturated heterocycles. The molecular weight excluding hydrogens is 196 g/mol. The van der Waals surface area contributed by atoms with Crippen molar-refractivity contribution in [2.24, 2.45) is 5.73 Å². The Bertz CT molecular complexity index is 255. The molecule has 0 radical (unpaired) electrons. The van der Waals surface area contributed by atoms with Crippen LogP contribution in [0.2, 0.25) is 0 Å². The number of carboxylic acid groups (broad SMARTS) is 1. The van der Waals surface area contributed by atoms with E-state index in [2.05, 4.69) is 0 Å². The molecule has 0 spiro atoms. The van der Waals surface area contributed by atoms with E-state index in [0.717, 1.165) is 19.3 Å². The molecule has 0 saturated carbocycles. The highest BCUT2D eigenvalue weighted by Crippen LogP contribution is 2.17. The molecule has 1 aliphatic heterocycles. The summed E-state index contributed by atoms with van der Waals surface area (Å²) in [5, 5.41) is 8.55. The number of amides is 1. The normalized spacial score (nSPS) is 23.6. The van der Waals surface area contributed by atoms with Crippen molar-refractivity contribution in [3.8, 4) is 0 Å². The van der Waals surface area contributed by atoms with Crippen LogP contribution in [0.5, 0.6) is 0 Å². The topological polar surface area (TPSA) is 83.6 Å². The number of carbonyl (C=O) groups is 2. The monoisotopic (exact) mass is 214 g/mol. The number of aliphatic carboxylic acids is 1. The first kappa shape index (κ1) is 12.0. The quantitative estimate of drug-likeness (QED) is 0.702. The van der Waals surface area contributed by atoms with Gasteiger partial charge in [-0.3, -0.25) is 9.59 Å². The number of rotatable bonds is 3. The Morgan fingerprint density at radius 3 is 2.73 bits per heavy atom. The van der Waals surface area contributed by atoms with E-state index in [1.165, 1.54) is 0 Å². The summed E-state index contributed by atoms with van der Waals surface area (Å²) in [4.78, 5) is 23.9. The number of piperidine rings is 1. The highest BCUT2D eigenvalue weighted by molar-refractivity contribution is 5.86. The number of carboxylic acids is 1. The lowest BCUT2D eigenvalue weighted by Gasteiger charge is -2.34. The SMILES string of the molecule is CC1CCCCN1C(=O)C(N)CC(=O)O. The maximum atomic E-state index is 11.8. The second-order valence-electron chi connectivity index (χ2n) is 4.08. The Morgan fingerprint density at radius 1 is 1.53 bits per heavy atom. The first-order chi connectivity index (χ1) is 7.02. The maximum absolute atomic E-state index is 11.8. The van der Waals surface area contributed by atoms with Crippen molar-refractivity contribution in [3.05, 3.63) is 0 Å². The third-order valence-corrected chi connectivity index (χ3v) is 2.80. The summed E-state index contributed by atoms with van der Waals surface area (Å²) in [5.41, 5.74) is 5.54. The van der Waals surface area contributed by atoms with Gasteiger partial charge in [0.25, 0.3) is 0 Å². The minimum absolute atomic E-state index is 0.186. The largest absolute Gasteiger partial charge is 0.481 e. The molecule has 0 aliphatic carbocycles. The number of nitrogens with zero attached hydrogens (tertiary/aromatic N) is 1. The molecule has 2 atom stereocenters. The molecule has 1 heterocycles. The van der Waals surface area contributed by atoms with E-state index >= 15 is 0 Å². The predicted octanol–water partition coefficient (Wildman–Crippen LogP) is 0.189. The van der Waals surface area contributed by atoms with Gasteiger partial charge in [0, 0.05) is 12.6 Å². The van der Waals surface area contributed by atoms with Gasteiger partial charge in [-0.1, -0.05) is 0 Å². The second kappa shape index (κ2) is 5.11. The highest BCUT2D eigenvalue weighted by atomic mass is 16.4. The van der Waals surface area contributed by atoms with Crippen LogP contribution in [0.3, 0.4) is 0 Å². The molecule has 0 aromatic carbocycles. The molecule has 0 aromatic rings. The van der Waals surface area contributed by atoms with Gasteiger partial charge in [-0.25, -0.2) is 0 Å². The Kier molecular flexibility index (Phi) is 4.08. The fourth-order valence-corrected chi connectivity index (χ4v) is 1.91. The summed E-state index contributed by atoms with van der Waals surface area (Å²) in [5.74, 6) is -1.26. The van der Waals surface area contributed by atoms with Crippen LogP contribution < -0.4 is 5.73 Å². The standard InChI is InChI=1S/C10H18N2O3/c1-7-4-2-3-5-12(7)10(15)8(11)6-9(13)14/h7-8H,2-6,11H2,1H3,(H,13,14). The van der Waals surface area contributed by atoms with Crippen molar-refractivity contribution in [3.63, 3.8) is 0 Å². The first-order valence-electron chi connectivity index (χ1n) is 5.30. The van der Waals surface area contributed by atoms with Gasteiger partial charge < -0.3 is 15.7 Å². The summed E-state index contributed by atoms with van der Waals surface area (Å²) in [6.07, 6.45) is 2.79. The Balaban J connectivity index is 2.54. The van der Waals surface area contributed by atoms with Gasteiger partial charge >= 0.3 is 5.97 Å². The lowest BCUT2D eigenvalue weighted by atomic mass is 10.0. The van der Waals surface area contributed by atoms with Crippen molar-refractivity contribution in [1.29, 1.82) is 0 Å². The molecule has 0 aromatic heterocycles. The van der Waals surface area contributed by atoms with E-state index in [1.54, 1.807) is 4.90 Å². The van der Waals surface area contributed by atoms with Gasteiger partial charge in [-0.2, -0.15) is 0 Å². The third kappa shape index (κ3) is 3.20. The van der Waals surface area contributed by atoms with Crippen LogP contribution in [0, 0.1) is 0 Å². The van der Waals surface area contributed by atoms with Crippen LogP contribution in [0.15, 0.2) is 0 Å². The molecule has 3 N–H and O–H groups in total. The summed E-state index contributed by atoms with van der Waals surface area (Å²) >= 11 is 0. The van der Waals surface area contributed by atoms with Gasteiger partial charge in [-0.15, -0.1) is 0 Å². The van der Waals surface area contributed by atoms with Gasteiger partial charge in [0.05, 0.1) is 12.5 Å². The van der Waals surface area contributed by atoms with E-state index in [-0.39, 0.29) is 18.4 Å². The molecular formula is C10H18N2O3. The lowest BCUT2D eigenvalue weighted by molar-refractivity contribution is -0.143. The van der Waals surface area contributed by atoms with Crippen molar-refractivity contribution < 1.29 is 14.7 Å². The molecule has 5 nitrogen and oxygen atoms in total. The van der Waals surface area contributed by atoms with E-state index < -0.39 is 12.0 Å². The molecule has 86 valence electrons. The van der Waals surface area contributed by atoms with E-state index in [4.69, 9.17) is 10.8 Å². The Labute approximate surface area is 89.2 Å². The van der Waals surface area contributed by atoms with Crippen LogP contribution in [0.25, 0.3) is 0 Å². The molecule has 1 fully saturated rings. The zero-order valence-corrected chi connectivity index (χ0v) is 8.98. The van der Waals surface area contributed by atoms with Crippen LogP contribution in [-0.4, -0.2) is 40.5 Å². The maximum Gasteiger partial charge on any atom is 0.305 e. The molecule has 1 amide bonds. The fourth-order valence-electron chi connectivity index (χ4n) is 1.91. The average Bonchev–Trinajstić information content (AvgIpc) is 2.16. The molecule has 5 heteroatoms. The highest BCUT2D eigenvalue weighted by Gasteiger charge is 2.28. The summed E-state index contributed by atoms with van der Waals surface area (Å²) in [6, 6.07) is -0.714. The molecule has 1 rings (SSSR count). The van der Waals surface area contributed by atoms with Crippen LogP contribution in [-0.2, 0) is 9.59 Å². The molecule has 15 heavy (non-hydrogen) atoms. The van der Waals surface area contributed by atoms with Gasteiger partial charge in [0.15, 0.2) is 0 Å². The van der Waals surface area contributed by atoms with E-state index in [9.17, 15) is 9.59 Å². The Hall–Kier alpha value is -1.10. The van der Waals surface area contributed by atoms with Crippen molar-refractivity contribution in [2.75, 3.05) is 6.54 Å². The summed E-state index contributed by atoms with van der Waals surface area (Å²) in [6.45, 7) is 2.68. The smallest absolute Gasteiger partial charge is 0.305 e. The number of hydrogen-bond donors (Lipinski definition) is 2. The average molecular weight is 214 g/mol. The van der Waals surface area contributed by atoms with Crippen LogP contribution >= 0.6 is 0 Å². The van der Waals surface area contributed by atoms with Crippen molar-refractivity contribution >= 4 is 11.9 Å². The lowest BCUT2D eigenvalue weighted by Crippen LogP contribution is -2.50. The van der Waals surface area contributed by atoms with Crippen LogP contribution in [0.4, 0.5) is 0 Å². The van der Waals surface area contributed by atoms with Gasteiger partial charge in [0.1, 0.15) is 0 Å². The zero-order chi connectivity index (χ0) is 11.4. The van der Waals surface area contributed by atoms with Crippen molar-refractivity contribution in [2.45, 2.75) is 44.7 Å². The second-order valence-corrected chi connectivity index (χ2v) is 4.08. The predicted molar refractivity (Wildman–Crippen MR) is 55.3 cm³/mol. The van der Waals surface area contributed by atoms with Gasteiger partial charge in [0.2, 0.25) is 5.91 Å². The van der Waals surface area contributed by atoms with E-state index in [0.29, 0.717) is 6.54 Å². The number of nitrogens with two attached hydrogens (primary N) is 1. The Morgan fingerprint density at radius 2 is 2.20 bits per heavy atom. The van der Waals surface area contributed by atoms with E-state index in [1.807, 2.05) is 6.92 Å². The fraction of sp³-hybridized carbons (Fsp3) is 0.800. The zero-order valence-electron chi connectivity index (χ0n) is 8.98. The summed E-state index contributed by atoms with van der Waals surface area (Å²) in [7, 11) is 0. The number of likely N-dealkylation sites (tertiary alicyclic amines) is 1. The minimum atomic E-state index is -1.03. The van der Waals surface area contributed by atoms with Crippen molar-refractivity contribution in [1.82, 2.24) is 4.90 Å². The third-order valence-electron chi connectivity index (χ3n) is 2.80.